The first kappa shape index (κ1) is 10.2. The molecule has 0 bridgehead atoms. The number of carbonyl (C=O) groups excluding carboxylic acids is 1. The van der Waals surface area contributed by atoms with Gasteiger partial charge in [-0.2, -0.15) is 0 Å². The molecule has 0 spiro atoms. The van der Waals surface area contributed by atoms with Crippen molar-refractivity contribution in [3.63, 3.8) is 0 Å². The zero-order valence-corrected chi connectivity index (χ0v) is 6.50. The van der Waals surface area contributed by atoms with E-state index in [1.165, 1.54) is 7.05 Å². The molecule has 0 atom stereocenters. The van der Waals surface area contributed by atoms with Gasteiger partial charge in [0.15, 0.2) is 0 Å². The van der Waals surface area contributed by atoms with Crippen molar-refractivity contribution >= 4 is 6.09 Å². The summed E-state index contributed by atoms with van der Waals surface area (Å²) < 4.78 is 9.40. The minimum Gasteiger partial charge on any atom is -0.447 e. The molecule has 0 saturated heterocycles. The van der Waals surface area contributed by atoms with Crippen LogP contribution in [0, 0.1) is 0 Å². The van der Waals surface area contributed by atoms with E-state index in [2.05, 4.69) is 10.1 Å². The van der Waals surface area contributed by atoms with E-state index in [0.717, 1.165) is 0 Å². The van der Waals surface area contributed by atoms with Gasteiger partial charge in [-0.1, -0.05) is 0 Å². The highest BCUT2D eigenvalue weighted by Crippen LogP contribution is 1.78. The molecule has 0 heterocycles. The average Bonchev–Trinajstić information content (AvgIpc) is 2.04. The minimum absolute atomic E-state index is 0.0139. The summed E-state index contributed by atoms with van der Waals surface area (Å²) in [6, 6.07) is 0. The topological polar surface area (TPSA) is 67.8 Å². The Morgan fingerprint density at radius 2 is 2.18 bits per heavy atom. The van der Waals surface area contributed by atoms with E-state index in [9.17, 15) is 4.79 Å². The van der Waals surface area contributed by atoms with Crippen LogP contribution in [0.2, 0.25) is 0 Å². The number of alkyl carbamates (subject to hydrolysis) is 1. The van der Waals surface area contributed by atoms with Gasteiger partial charge in [-0.3, -0.25) is 0 Å². The predicted octanol–water partition coefficient (Wildman–Crippen LogP) is -0.649. The second-order valence-corrected chi connectivity index (χ2v) is 1.72. The summed E-state index contributed by atoms with van der Waals surface area (Å²) in [5.74, 6) is 0. The van der Waals surface area contributed by atoms with E-state index in [0.29, 0.717) is 6.61 Å². The van der Waals surface area contributed by atoms with Crippen molar-refractivity contribution < 1.29 is 19.4 Å². The number of rotatable bonds is 5. The zero-order valence-electron chi connectivity index (χ0n) is 6.50. The van der Waals surface area contributed by atoms with Gasteiger partial charge in [0.25, 0.3) is 0 Å². The Kier molecular flexibility index (Phi) is 6.76. The highest BCUT2D eigenvalue weighted by molar-refractivity contribution is 5.66. The molecule has 2 N–H and O–H groups in total. The van der Waals surface area contributed by atoms with E-state index in [1.54, 1.807) is 0 Å². The van der Waals surface area contributed by atoms with Crippen molar-refractivity contribution in [2.45, 2.75) is 0 Å². The minimum atomic E-state index is -0.474. The van der Waals surface area contributed by atoms with E-state index in [-0.39, 0.29) is 19.8 Å². The fourth-order valence-electron chi connectivity index (χ4n) is 0.432. The number of hydrogen-bond donors (Lipinski definition) is 2. The molecule has 0 aliphatic heterocycles. The molecule has 0 aromatic heterocycles. The molecule has 5 heteroatoms. The Hall–Kier alpha value is -0.810. The Labute approximate surface area is 65.3 Å². The fraction of sp³-hybridized carbons (Fsp3) is 0.833. The summed E-state index contributed by atoms with van der Waals surface area (Å²) in [5, 5.41) is 10.6. The van der Waals surface area contributed by atoms with Crippen LogP contribution in [0.25, 0.3) is 0 Å². The van der Waals surface area contributed by atoms with Gasteiger partial charge in [0.2, 0.25) is 0 Å². The molecule has 0 rings (SSSR count). The molecule has 0 aromatic rings. The van der Waals surface area contributed by atoms with Crippen LogP contribution in [0.4, 0.5) is 4.79 Å². The Balaban J connectivity index is 2.95. The first-order chi connectivity index (χ1) is 5.31. The summed E-state index contributed by atoms with van der Waals surface area (Å²) in [4.78, 5) is 10.4. The Morgan fingerprint density at radius 3 is 2.73 bits per heavy atom. The van der Waals surface area contributed by atoms with Gasteiger partial charge in [-0.15, -0.1) is 0 Å². The van der Waals surface area contributed by atoms with Crippen molar-refractivity contribution in [2.24, 2.45) is 0 Å². The van der Waals surface area contributed by atoms with Crippen LogP contribution < -0.4 is 5.32 Å². The van der Waals surface area contributed by atoms with E-state index in [1.807, 2.05) is 0 Å². The van der Waals surface area contributed by atoms with E-state index >= 15 is 0 Å². The quantitative estimate of drug-likeness (QED) is 0.528. The molecule has 0 saturated carbocycles. The Morgan fingerprint density at radius 1 is 1.45 bits per heavy atom. The second kappa shape index (κ2) is 7.30. The van der Waals surface area contributed by atoms with Crippen LogP contribution in [0.15, 0.2) is 0 Å². The van der Waals surface area contributed by atoms with E-state index in [4.69, 9.17) is 9.84 Å². The molecule has 0 aliphatic carbocycles. The van der Waals surface area contributed by atoms with Gasteiger partial charge < -0.3 is 19.9 Å². The highest BCUT2D eigenvalue weighted by atomic mass is 16.6. The lowest BCUT2D eigenvalue weighted by Crippen LogP contribution is -2.21. The summed E-state index contributed by atoms with van der Waals surface area (Å²) in [6.07, 6.45) is -0.474. The number of hydrogen-bond acceptors (Lipinski definition) is 4. The van der Waals surface area contributed by atoms with Gasteiger partial charge >= 0.3 is 6.09 Å². The van der Waals surface area contributed by atoms with Crippen LogP contribution in [0.5, 0.6) is 0 Å². The van der Waals surface area contributed by atoms with Crippen molar-refractivity contribution in [3.8, 4) is 0 Å². The lowest BCUT2D eigenvalue weighted by molar-refractivity contribution is 0.0542. The molecular weight excluding hydrogens is 150 g/mol. The van der Waals surface area contributed by atoms with Crippen molar-refractivity contribution in [2.75, 3.05) is 33.5 Å². The fourth-order valence-corrected chi connectivity index (χ4v) is 0.432. The summed E-state index contributed by atoms with van der Waals surface area (Å²) in [6.45, 7) is 0.782. The largest absolute Gasteiger partial charge is 0.447 e. The summed E-state index contributed by atoms with van der Waals surface area (Å²) >= 11 is 0. The molecule has 0 aliphatic rings. The normalized spacial score (nSPS) is 9.27. The lowest BCUT2D eigenvalue weighted by Gasteiger charge is -2.03. The first-order valence-corrected chi connectivity index (χ1v) is 3.34. The first-order valence-electron chi connectivity index (χ1n) is 3.34. The number of ether oxygens (including phenoxy) is 2. The van der Waals surface area contributed by atoms with Crippen LogP contribution in [-0.4, -0.2) is 44.7 Å². The van der Waals surface area contributed by atoms with Gasteiger partial charge in [-0.25, -0.2) is 4.79 Å². The van der Waals surface area contributed by atoms with Crippen LogP contribution >= 0.6 is 0 Å². The van der Waals surface area contributed by atoms with Crippen LogP contribution in [-0.2, 0) is 9.47 Å². The highest BCUT2D eigenvalue weighted by Gasteiger charge is 1.95. The molecular formula is C6H13NO4. The van der Waals surface area contributed by atoms with Crippen LogP contribution in [0.1, 0.15) is 0 Å². The smallest absolute Gasteiger partial charge is 0.406 e. The molecule has 66 valence electrons. The average molecular weight is 163 g/mol. The zero-order chi connectivity index (χ0) is 8.53. The third kappa shape index (κ3) is 7.08. The van der Waals surface area contributed by atoms with Crippen molar-refractivity contribution in [1.29, 1.82) is 0 Å². The molecule has 5 nitrogen and oxygen atoms in total. The molecule has 0 fully saturated rings. The maximum atomic E-state index is 10.4. The summed E-state index contributed by atoms with van der Waals surface area (Å²) in [7, 11) is 1.48. The maximum Gasteiger partial charge on any atom is 0.406 e. The SMILES string of the molecule is CNC(=O)OCCOCCO. The molecule has 11 heavy (non-hydrogen) atoms. The molecule has 0 radical (unpaired) electrons. The molecule has 0 aromatic carbocycles. The molecule has 1 amide bonds. The van der Waals surface area contributed by atoms with Crippen molar-refractivity contribution in [3.05, 3.63) is 0 Å². The second-order valence-electron chi connectivity index (χ2n) is 1.72. The number of amides is 1. The summed E-state index contributed by atoms with van der Waals surface area (Å²) in [5.41, 5.74) is 0. The number of aliphatic hydroxyl groups is 1. The third-order valence-corrected chi connectivity index (χ3v) is 0.901. The van der Waals surface area contributed by atoms with Gasteiger partial charge in [0.1, 0.15) is 6.61 Å². The number of carbonyl (C=O) groups is 1. The number of nitrogens with one attached hydrogen (secondary N) is 1. The third-order valence-electron chi connectivity index (χ3n) is 0.901. The Bertz CT molecular complexity index is 107. The van der Waals surface area contributed by atoms with Crippen LogP contribution in [0.3, 0.4) is 0 Å². The maximum absolute atomic E-state index is 10.4. The standard InChI is InChI=1S/C6H13NO4/c1-7-6(9)11-5-4-10-3-2-8/h8H,2-5H2,1H3,(H,7,9). The lowest BCUT2D eigenvalue weighted by atomic mass is 10.7. The monoisotopic (exact) mass is 163 g/mol. The van der Waals surface area contributed by atoms with Gasteiger partial charge in [0.05, 0.1) is 19.8 Å². The predicted molar refractivity (Wildman–Crippen MR) is 38.3 cm³/mol. The van der Waals surface area contributed by atoms with Crippen molar-refractivity contribution in [1.82, 2.24) is 5.32 Å². The molecule has 0 unspecified atom stereocenters. The number of aliphatic hydroxyl groups excluding tert-OH is 1. The van der Waals surface area contributed by atoms with E-state index < -0.39 is 6.09 Å². The van der Waals surface area contributed by atoms with Gasteiger partial charge in [0, 0.05) is 7.05 Å². The van der Waals surface area contributed by atoms with Gasteiger partial charge in [-0.05, 0) is 0 Å².